The van der Waals surface area contributed by atoms with E-state index in [1.165, 1.54) is 5.56 Å². The lowest BCUT2D eigenvalue weighted by molar-refractivity contribution is 0.389. The van der Waals surface area contributed by atoms with Gasteiger partial charge >= 0.3 is 0 Å². The molecule has 0 saturated heterocycles. The molecule has 2 aromatic heterocycles. The number of aromatic nitrogens is 3. The summed E-state index contributed by atoms with van der Waals surface area (Å²) in [5, 5.41) is 7.56. The molecule has 5 heteroatoms. The van der Waals surface area contributed by atoms with Gasteiger partial charge in [0.25, 0.3) is 0 Å². The van der Waals surface area contributed by atoms with Crippen LogP contribution in [0.4, 0.5) is 0 Å². The number of hydrogen-bond donors (Lipinski definition) is 1. The van der Waals surface area contributed by atoms with Crippen LogP contribution in [0, 0.1) is 13.8 Å². The van der Waals surface area contributed by atoms with Crippen LogP contribution in [-0.2, 0) is 6.54 Å². The second-order valence-electron chi connectivity index (χ2n) is 4.45. The van der Waals surface area contributed by atoms with Crippen molar-refractivity contribution in [2.75, 3.05) is 6.54 Å². The van der Waals surface area contributed by atoms with E-state index in [4.69, 9.17) is 4.52 Å². The van der Waals surface area contributed by atoms with Crippen LogP contribution in [0.2, 0.25) is 0 Å². The van der Waals surface area contributed by atoms with Crippen LogP contribution >= 0.6 is 0 Å². The summed E-state index contributed by atoms with van der Waals surface area (Å²) in [5.74, 6) is 0.912. The van der Waals surface area contributed by atoms with E-state index in [-0.39, 0.29) is 0 Å². The Kier molecular flexibility index (Phi) is 4.15. The SMILES string of the molecule is CC[C@@H](NCCn1ccnc1)c1c(C)noc1C. The van der Waals surface area contributed by atoms with Crippen molar-refractivity contribution in [3.05, 3.63) is 35.7 Å². The maximum atomic E-state index is 5.23. The van der Waals surface area contributed by atoms with Crippen LogP contribution in [0.3, 0.4) is 0 Å². The van der Waals surface area contributed by atoms with Gasteiger partial charge < -0.3 is 14.4 Å². The fraction of sp³-hybridized carbons (Fsp3) is 0.538. The van der Waals surface area contributed by atoms with Gasteiger partial charge in [-0.05, 0) is 20.3 Å². The molecule has 2 aromatic rings. The van der Waals surface area contributed by atoms with Crippen LogP contribution < -0.4 is 5.32 Å². The van der Waals surface area contributed by atoms with Gasteiger partial charge in [0, 0.05) is 37.1 Å². The molecule has 0 fully saturated rings. The van der Waals surface area contributed by atoms with E-state index < -0.39 is 0 Å². The molecule has 5 nitrogen and oxygen atoms in total. The van der Waals surface area contributed by atoms with Crippen molar-refractivity contribution in [2.45, 2.75) is 39.8 Å². The van der Waals surface area contributed by atoms with Gasteiger partial charge in [-0.3, -0.25) is 0 Å². The van der Waals surface area contributed by atoms with Gasteiger partial charge in [-0.15, -0.1) is 0 Å². The lowest BCUT2D eigenvalue weighted by Gasteiger charge is -2.17. The molecule has 0 unspecified atom stereocenters. The summed E-state index contributed by atoms with van der Waals surface area (Å²) in [5.41, 5.74) is 2.18. The molecule has 1 N–H and O–H groups in total. The molecule has 2 heterocycles. The number of nitrogens with one attached hydrogen (secondary N) is 1. The van der Waals surface area contributed by atoms with Crippen molar-refractivity contribution in [2.24, 2.45) is 0 Å². The Bertz CT molecular complexity index is 456. The molecule has 0 spiro atoms. The fourth-order valence-electron chi connectivity index (χ4n) is 2.22. The Balaban J connectivity index is 1.93. The summed E-state index contributed by atoms with van der Waals surface area (Å²) in [6.45, 7) is 7.95. The van der Waals surface area contributed by atoms with Gasteiger partial charge in [-0.1, -0.05) is 12.1 Å². The molecule has 18 heavy (non-hydrogen) atoms. The molecule has 0 aromatic carbocycles. The van der Waals surface area contributed by atoms with Crippen LogP contribution in [0.5, 0.6) is 0 Å². The zero-order valence-corrected chi connectivity index (χ0v) is 11.2. The molecular formula is C13H20N4O. The average molecular weight is 248 g/mol. The second kappa shape index (κ2) is 5.82. The first kappa shape index (κ1) is 12.8. The molecule has 0 aliphatic heterocycles. The molecule has 2 rings (SSSR count). The quantitative estimate of drug-likeness (QED) is 0.851. The summed E-state index contributed by atoms with van der Waals surface area (Å²) < 4.78 is 7.29. The fourth-order valence-corrected chi connectivity index (χ4v) is 2.22. The molecule has 1 atom stereocenters. The van der Waals surface area contributed by atoms with Crippen molar-refractivity contribution in [1.29, 1.82) is 0 Å². The van der Waals surface area contributed by atoms with Crippen molar-refractivity contribution >= 4 is 0 Å². The van der Waals surface area contributed by atoms with Gasteiger partial charge in [0.2, 0.25) is 0 Å². The van der Waals surface area contributed by atoms with Crippen LogP contribution in [0.25, 0.3) is 0 Å². The van der Waals surface area contributed by atoms with Gasteiger partial charge in [0.15, 0.2) is 0 Å². The summed E-state index contributed by atoms with van der Waals surface area (Å²) in [6.07, 6.45) is 6.62. The minimum atomic E-state index is 0.305. The maximum absolute atomic E-state index is 5.23. The molecule has 0 amide bonds. The van der Waals surface area contributed by atoms with E-state index in [0.29, 0.717) is 6.04 Å². The average Bonchev–Trinajstić information content (AvgIpc) is 2.97. The maximum Gasteiger partial charge on any atom is 0.138 e. The molecule has 98 valence electrons. The number of nitrogens with zero attached hydrogens (tertiary/aromatic N) is 3. The summed E-state index contributed by atoms with van der Waals surface area (Å²) in [7, 11) is 0. The van der Waals surface area contributed by atoms with E-state index in [0.717, 1.165) is 31.0 Å². The van der Waals surface area contributed by atoms with Gasteiger partial charge in [0.05, 0.1) is 12.0 Å². The van der Waals surface area contributed by atoms with Gasteiger partial charge in [0.1, 0.15) is 5.76 Å². The van der Waals surface area contributed by atoms with Crippen molar-refractivity contribution in [1.82, 2.24) is 20.0 Å². The van der Waals surface area contributed by atoms with E-state index >= 15 is 0 Å². The smallest absolute Gasteiger partial charge is 0.138 e. The van der Waals surface area contributed by atoms with Crippen LogP contribution in [0.1, 0.15) is 36.4 Å². The normalized spacial score (nSPS) is 12.8. The van der Waals surface area contributed by atoms with E-state index in [9.17, 15) is 0 Å². The standard InChI is InChI=1S/C13H20N4O/c1-4-12(13-10(2)16-18-11(13)3)15-6-8-17-7-5-14-9-17/h5,7,9,12,15H,4,6,8H2,1-3H3/t12-/m1/s1. The van der Waals surface area contributed by atoms with Crippen LogP contribution in [0.15, 0.2) is 23.2 Å². The Labute approximate surface area is 107 Å². The molecule has 0 aliphatic rings. The highest BCUT2D eigenvalue weighted by atomic mass is 16.5. The molecule has 0 saturated carbocycles. The second-order valence-corrected chi connectivity index (χ2v) is 4.45. The third kappa shape index (κ3) is 2.79. The third-order valence-corrected chi connectivity index (χ3v) is 3.17. The first-order valence-electron chi connectivity index (χ1n) is 6.34. The Morgan fingerprint density at radius 2 is 2.28 bits per heavy atom. The lowest BCUT2D eigenvalue weighted by Crippen LogP contribution is -2.25. The molecule has 0 aliphatic carbocycles. The summed E-state index contributed by atoms with van der Waals surface area (Å²) in [6, 6.07) is 0.305. The molecule has 0 radical (unpaired) electrons. The number of hydrogen-bond acceptors (Lipinski definition) is 4. The number of imidazole rings is 1. The zero-order valence-electron chi connectivity index (χ0n) is 11.2. The number of aryl methyl sites for hydroxylation is 2. The zero-order chi connectivity index (χ0) is 13.0. The lowest BCUT2D eigenvalue weighted by atomic mass is 10.0. The first-order chi connectivity index (χ1) is 8.72. The molecular weight excluding hydrogens is 228 g/mol. The largest absolute Gasteiger partial charge is 0.361 e. The van der Waals surface area contributed by atoms with Crippen LogP contribution in [-0.4, -0.2) is 21.3 Å². The predicted octanol–water partition coefficient (Wildman–Crippen LogP) is 2.23. The van der Waals surface area contributed by atoms with E-state index in [1.807, 2.05) is 26.4 Å². The highest BCUT2D eigenvalue weighted by Crippen LogP contribution is 2.23. The van der Waals surface area contributed by atoms with Gasteiger partial charge in [-0.2, -0.15) is 0 Å². The molecule has 0 bridgehead atoms. The van der Waals surface area contributed by atoms with E-state index in [1.54, 1.807) is 6.20 Å². The Morgan fingerprint density at radius 3 is 2.83 bits per heavy atom. The van der Waals surface area contributed by atoms with Crippen molar-refractivity contribution in [3.8, 4) is 0 Å². The highest BCUT2D eigenvalue weighted by molar-refractivity contribution is 5.24. The summed E-state index contributed by atoms with van der Waals surface area (Å²) >= 11 is 0. The van der Waals surface area contributed by atoms with Crippen molar-refractivity contribution in [3.63, 3.8) is 0 Å². The minimum absolute atomic E-state index is 0.305. The Morgan fingerprint density at radius 1 is 1.44 bits per heavy atom. The van der Waals surface area contributed by atoms with Crippen molar-refractivity contribution < 1.29 is 4.52 Å². The van der Waals surface area contributed by atoms with E-state index in [2.05, 4.69) is 26.9 Å². The summed E-state index contributed by atoms with van der Waals surface area (Å²) in [4.78, 5) is 4.03. The monoisotopic (exact) mass is 248 g/mol. The van der Waals surface area contributed by atoms with Gasteiger partial charge in [-0.25, -0.2) is 4.98 Å². The minimum Gasteiger partial charge on any atom is -0.361 e. The number of rotatable bonds is 6. The predicted molar refractivity (Wildman–Crippen MR) is 69.2 cm³/mol. The highest BCUT2D eigenvalue weighted by Gasteiger charge is 2.18. The first-order valence-corrected chi connectivity index (χ1v) is 6.34. The Hall–Kier alpha value is -1.62. The topological polar surface area (TPSA) is 55.9 Å². The third-order valence-electron chi connectivity index (χ3n) is 3.17.